The second-order valence-corrected chi connectivity index (χ2v) is 6.53. The maximum atomic E-state index is 12.4. The zero-order valence-electron chi connectivity index (χ0n) is 11.7. The standard InChI is InChI=1S/C10H22F3N3O2S/c1-9(2)16(8-10(11,12)13)19(17,18)15(4)7-5-6-14-3/h9,14H,5-8H2,1-4H3. The predicted molar refractivity (Wildman–Crippen MR) is 68.0 cm³/mol. The maximum absolute atomic E-state index is 12.4. The van der Waals surface area contributed by atoms with Gasteiger partial charge in [-0.15, -0.1) is 0 Å². The summed E-state index contributed by atoms with van der Waals surface area (Å²) in [5.74, 6) is 0. The topological polar surface area (TPSA) is 52.7 Å². The van der Waals surface area contributed by atoms with Crippen LogP contribution in [0.4, 0.5) is 13.2 Å². The van der Waals surface area contributed by atoms with Crippen molar-refractivity contribution < 1.29 is 21.6 Å². The van der Waals surface area contributed by atoms with E-state index in [2.05, 4.69) is 5.32 Å². The van der Waals surface area contributed by atoms with Crippen molar-refractivity contribution in [1.29, 1.82) is 0 Å². The van der Waals surface area contributed by atoms with Gasteiger partial charge in [0, 0.05) is 19.6 Å². The number of hydrogen-bond donors (Lipinski definition) is 1. The van der Waals surface area contributed by atoms with Crippen LogP contribution in [-0.4, -0.2) is 63.0 Å². The number of hydrogen-bond acceptors (Lipinski definition) is 3. The molecule has 0 aliphatic rings. The third kappa shape index (κ3) is 6.55. The average Bonchev–Trinajstić information content (AvgIpc) is 2.24. The molecule has 0 aromatic heterocycles. The molecule has 0 spiro atoms. The summed E-state index contributed by atoms with van der Waals surface area (Å²) in [6.45, 7) is 2.14. The monoisotopic (exact) mass is 305 g/mol. The molecule has 5 nitrogen and oxygen atoms in total. The van der Waals surface area contributed by atoms with Crippen LogP contribution in [0.15, 0.2) is 0 Å². The van der Waals surface area contributed by atoms with E-state index in [0.29, 0.717) is 17.3 Å². The van der Waals surface area contributed by atoms with Gasteiger partial charge in [0.25, 0.3) is 10.2 Å². The highest BCUT2D eigenvalue weighted by molar-refractivity contribution is 7.86. The third-order valence-corrected chi connectivity index (χ3v) is 4.61. The van der Waals surface area contributed by atoms with Gasteiger partial charge >= 0.3 is 6.18 Å². The average molecular weight is 305 g/mol. The molecule has 9 heteroatoms. The minimum absolute atomic E-state index is 0.171. The van der Waals surface area contributed by atoms with Crippen LogP contribution >= 0.6 is 0 Å². The summed E-state index contributed by atoms with van der Waals surface area (Å²) >= 11 is 0. The molecular weight excluding hydrogens is 283 g/mol. The minimum Gasteiger partial charge on any atom is -0.320 e. The van der Waals surface area contributed by atoms with Gasteiger partial charge in [-0.25, -0.2) is 0 Å². The highest BCUT2D eigenvalue weighted by Crippen LogP contribution is 2.21. The largest absolute Gasteiger partial charge is 0.402 e. The van der Waals surface area contributed by atoms with Crippen molar-refractivity contribution in [2.45, 2.75) is 32.5 Å². The summed E-state index contributed by atoms with van der Waals surface area (Å²) in [4.78, 5) is 0. The van der Waals surface area contributed by atoms with Gasteiger partial charge in [-0.1, -0.05) is 0 Å². The van der Waals surface area contributed by atoms with E-state index in [1.807, 2.05) is 0 Å². The lowest BCUT2D eigenvalue weighted by Gasteiger charge is -2.30. The van der Waals surface area contributed by atoms with E-state index in [0.717, 1.165) is 4.31 Å². The Morgan fingerprint density at radius 3 is 2.16 bits per heavy atom. The Kier molecular flexibility index (Phi) is 7.27. The third-order valence-electron chi connectivity index (χ3n) is 2.50. The molecule has 1 N–H and O–H groups in total. The molecule has 0 saturated heterocycles. The van der Waals surface area contributed by atoms with E-state index in [1.54, 1.807) is 7.05 Å². The molecule has 0 bridgehead atoms. The smallest absolute Gasteiger partial charge is 0.320 e. The Balaban J connectivity index is 4.89. The van der Waals surface area contributed by atoms with E-state index >= 15 is 0 Å². The van der Waals surface area contributed by atoms with Crippen LogP contribution in [0.1, 0.15) is 20.3 Å². The molecule has 0 aliphatic carbocycles. The van der Waals surface area contributed by atoms with Crippen molar-refractivity contribution in [1.82, 2.24) is 13.9 Å². The van der Waals surface area contributed by atoms with Crippen molar-refractivity contribution in [2.24, 2.45) is 0 Å². The number of halogens is 3. The second kappa shape index (κ2) is 7.41. The number of nitrogens with one attached hydrogen (secondary N) is 1. The van der Waals surface area contributed by atoms with Crippen LogP contribution in [0.5, 0.6) is 0 Å². The van der Waals surface area contributed by atoms with E-state index in [1.165, 1.54) is 20.9 Å². The van der Waals surface area contributed by atoms with Crippen LogP contribution in [0.25, 0.3) is 0 Å². The number of rotatable bonds is 8. The lowest BCUT2D eigenvalue weighted by Crippen LogP contribution is -2.49. The normalized spacial score (nSPS) is 13.8. The Hall–Kier alpha value is -0.380. The molecule has 0 heterocycles. The summed E-state index contributed by atoms with van der Waals surface area (Å²) in [6.07, 6.45) is -4.02. The van der Waals surface area contributed by atoms with Gasteiger partial charge in [-0.3, -0.25) is 0 Å². The van der Waals surface area contributed by atoms with Gasteiger partial charge in [0.05, 0.1) is 0 Å². The lowest BCUT2D eigenvalue weighted by atomic mass is 10.4. The number of alkyl halides is 3. The highest BCUT2D eigenvalue weighted by atomic mass is 32.2. The first kappa shape index (κ1) is 18.6. The van der Waals surface area contributed by atoms with Crippen molar-refractivity contribution in [3.8, 4) is 0 Å². The maximum Gasteiger partial charge on any atom is 0.402 e. The van der Waals surface area contributed by atoms with Gasteiger partial charge in [-0.2, -0.15) is 30.2 Å². The fourth-order valence-electron chi connectivity index (χ4n) is 1.48. The Morgan fingerprint density at radius 1 is 1.26 bits per heavy atom. The molecular formula is C10H22F3N3O2S. The fourth-order valence-corrected chi connectivity index (χ4v) is 3.04. The van der Waals surface area contributed by atoms with Gasteiger partial charge in [0.1, 0.15) is 6.54 Å². The zero-order chi connectivity index (χ0) is 15.3. The summed E-state index contributed by atoms with van der Waals surface area (Å²) in [5.41, 5.74) is 0. The first-order valence-electron chi connectivity index (χ1n) is 5.97. The molecule has 0 aromatic rings. The summed E-state index contributed by atoms with van der Waals surface area (Å²) < 4.78 is 62.9. The predicted octanol–water partition coefficient (Wildman–Crippen LogP) is 1.05. The van der Waals surface area contributed by atoms with E-state index in [9.17, 15) is 21.6 Å². The number of nitrogens with zero attached hydrogens (tertiary/aromatic N) is 2. The molecule has 0 saturated carbocycles. The van der Waals surface area contributed by atoms with Crippen LogP contribution in [0, 0.1) is 0 Å². The van der Waals surface area contributed by atoms with Gasteiger partial charge < -0.3 is 5.32 Å². The van der Waals surface area contributed by atoms with E-state index < -0.39 is 29.0 Å². The van der Waals surface area contributed by atoms with E-state index in [-0.39, 0.29) is 6.54 Å². The Morgan fingerprint density at radius 2 is 1.79 bits per heavy atom. The Bertz CT molecular complexity index is 358. The van der Waals surface area contributed by atoms with Gasteiger partial charge in [-0.05, 0) is 33.9 Å². The highest BCUT2D eigenvalue weighted by Gasteiger charge is 2.39. The molecule has 0 fully saturated rings. The molecule has 116 valence electrons. The van der Waals surface area contributed by atoms with Crippen molar-refractivity contribution >= 4 is 10.2 Å². The van der Waals surface area contributed by atoms with Crippen LogP contribution in [0.2, 0.25) is 0 Å². The second-order valence-electron chi connectivity index (χ2n) is 4.54. The summed E-state index contributed by atoms with van der Waals surface area (Å²) in [5, 5.41) is 2.85. The molecule has 0 aliphatic heterocycles. The van der Waals surface area contributed by atoms with Crippen LogP contribution in [-0.2, 0) is 10.2 Å². The minimum atomic E-state index is -4.55. The molecule has 0 amide bonds. The molecule has 0 atom stereocenters. The molecule has 0 rings (SSSR count). The van der Waals surface area contributed by atoms with Gasteiger partial charge in [0.2, 0.25) is 0 Å². The molecule has 19 heavy (non-hydrogen) atoms. The SMILES string of the molecule is CNCCCN(C)S(=O)(=O)N(CC(F)(F)F)C(C)C. The van der Waals surface area contributed by atoms with E-state index in [4.69, 9.17) is 0 Å². The van der Waals surface area contributed by atoms with Crippen molar-refractivity contribution in [3.05, 3.63) is 0 Å². The van der Waals surface area contributed by atoms with Crippen LogP contribution < -0.4 is 5.32 Å². The summed E-state index contributed by atoms with van der Waals surface area (Å²) in [6, 6.07) is -0.752. The molecule has 0 aromatic carbocycles. The van der Waals surface area contributed by atoms with Gasteiger partial charge in [0.15, 0.2) is 0 Å². The van der Waals surface area contributed by atoms with Crippen molar-refractivity contribution in [3.63, 3.8) is 0 Å². The van der Waals surface area contributed by atoms with Crippen LogP contribution in [0.3, 0.4) is 0 Å². The first-order valence-corrected chi connectivity index (χ1v) is 7.36. The quantitative estimate of drug-likeness (QED) is 0.682. The lowest BCUT2D eigenvalue weighted by molar-refractivity contribution is -0.138. The first-order chi connectivity index (χ1) is 8.52. The fraction of sp³-hybridized carbons (Fsp3) is 1.00. The van der Waals surface area contributed by atoms with Crippen molar-refractivity contribution in [2.75, 3.05) is 33.7 Å². The molecule has 0 unspecified atom stereocenters. The molecule has 0 radical (unpaired) electrons. The zero-order valence-corrected chi connectivity index (χ0v) is 12.5. The Labute approximate surface area is 112 Å². The summed E-state index contributed by atoms with van der Waals surface area (Å²) in [7, 11) is -1.09.